The van der Waals surface area contributed by atoms with E-state index in [0.29, 0.717) is 19.8 Å². The van der Waals surface area contributed by atoms with Gasteiger partial charge in [0.05, 0.1) is 0 Å². The van der Waals surface area contributed by atoms with E-state index in [4.69, 9.17) is 21.9 Å². The Balaban J connectivity index is 0.000000268. The summed E-state index contributed by atoms with van der Waals surface area (Å²) in [5.41, 5.74) is -3.75. The molecule has 0 saturated heterocycles. The second kappa shape index (κ2) is 11.0. The van der Waals surface area contributed by atoms with Crippen LogP contribution in [0.5, 0.6) is 0 Å². The fourth-order valence-electron chi connectivity index (χ4n) is 2.89. The fraction of sp³-hybridized carbons (Fsp3) is 0.294. The number of rotatable bonds is 4. The number of fused-ring (bicyclic) bond motifs is 2. The third-order valence-corrected chi connectivity index (χ3v) is 7.00. The number of imidazole rings is 2. The SMILES string of the molecule is C.CCSc1ccc2nc(C(F)(F)F)c(S(N)(=O)=O)n2n1.NS(=O)(=O)c1c(C(F)(F)F)nc2ccc(Cl)nn12. The van der Waals surface area contributed by atoms with Gasteiger partial charge >= 0.3 is 12.4 Å². The molecular weight excluding hydrogens is 626 g/mol. The molecule has 0 aliphatic rings. The van der Waals surface area contributed by atoms with E-state index in [1.165, 1.54) is 30.0 Å². The van der Waals surface area contributed by atoms with Gasteiger partial charge < -0.3 is 0 Å². The maximum Gasteiger partial charge on any atom is 0.436 e. The minimum atomic E-state index is -4.97. The highest BCUT2D eigenvalue weighted by Gasteiger charge is 2.43. The van der Waals surface area contributed by atoms with Crippen molar-refractivity contribution < 1.29 is 43.2 Å². The second-order valence-corrected chi connectivity index (χ2v) is 11.5. The van der Waals surface area contributed by atoms with Gasteiger partial charge in [0.1, 0.15) is 10.2 Å². The molecule has 0 amide bonds. The number of sulfonamides is 2. The first-order chi connectivity index (χ1) is 17.2. The summed E-state index contributed by atoms with van der Waals surface area (Å²) in [4.78, 5) is 6.41. The molecule has 0 saturated carbocycles. The number of hydrogen-bond acceptors (Lipinski definition) is 9. The Hall–Kier alpha value is -2.72. The molecule has 0 atom stereocenters. The maximum absolute atomic E-state index is 12.8. The molecule has 0 aliphatic carbocycles. The van der Waals surface area contributed by atoms with Crippen molar-refractivity contribution in [2.24, 2.45) is 10.3 Å². The highest BCUT2D eigenvalue weighted by Crippen LogP contribution is 2.34. The molecule has 0 bridgehead atoms. The van der Waals surface area contributed by atoms with Crippen molar-refractivity contribution in [2.45, 2.75) is 41.8 Å². The Bertz CT molecular complexity index is 1740. The normalized spacial score (nSPS) is 12.8. The van der Waals surface area contributed by atoms with Crippen LogP contribution < -0.4 is 10.3 Å². The van der Waals surface area contributed by atoms with Crippen molar-refractivity contribution in [2.75, 3.05) is 5.75 Å². The monoisotopic (exact) mass is 642 g/mol. The summed E-state index contributed by atoms with van der Waals surface area (Å²) in [6, 6.07) is 4.99. The molecule has 4 heterocycles. The minimum Gasteiger partial charge on any atom is -0.223 e. The summed E-state index contributed by atoms with van der Waals surface area (Å²) >= 11 is 6.74. The van der Waals surface area contributed by atoms with Gasteiger partial charge in [0.2, 0.25) is 10.1 Å². The van der Waals surface area contributed by atoms with Crippen LogP contribution in [0.15, 0.2) is 39.3 Å². The quantitative estimate of drug-likeness (QED) is 0.250. The lowest BCUT2D eigenvalue weighted by atomic mass is 10.5. The number of nitrogens with zero attached hydrogens (tertiary/aromatic N) is 6. The zero-order valence-electron chi connectivity index (χ0n) is 18.4. The Kier molecular flexibility index (Phi) is 9.20. The van der Waals surface area contributed by atoms with E-state index in [9.17, 15) is 43.2 Å². The highest BCUT2D eigenvalue weighted by atomic mass is 35.5. The van der Waals surface area contributed by atoms with Crippen LogP contribution in [0.25, 0.3) is 11.3 Å². The molecule has 4 aromatic heterocycles. The van der Waals surface area contributed by atoms with Crippen LogP contribution in [0, 0.1) is 0 Å². The van der Waals surface area contributed by atoms with Crippen molar-refractivity contribution in [3.8, 4) is 0 Å². The van der Waals surface area contributed by atoms with Gasteiger partial charge in [0.15, 0.2) is 22.7 Å². The molecule has 0 fully saturated rings. The van der Waals surface area contributed by atoms with Crippen LogP contribution in [-0.4, -0.2) is 51.8 Å². The van der Waals surface area contributed by atoms with E-state index >= 15 is 0 Å². The fourth-order valence-corrected chi connectivity index (χ4v) is 5.24. The standard InChI is InChI=1S/C9H9F3N4O2S2.C7H4ClF3N4O2S.CH4/c1-2-19-6-4-3-5-14-7(9(10,11)12)8(16(5)15-6)20(13,17)18;8-3-1-2-4-13-5(7(9,10)11)6(15(4)14-3)18(12,16)17;/h3-4H,2H2,1H3,(H2,13,17,18);1-2H,(H2,12,16,17);1H4. The first kappa shape index (κ1) is 32.5. The van der Waals surface area contributed by atoms with Gasteiger partial charge in [-0.05, 0) is 30.0 Å². The average molecular weight is 643 g/mol. The molecule has 0 unspecified atom stereocenters. The molecule has 4 N–H and O–H groups in total. The molecule has 0 spiro atoms. The summed E-state index contributed by atoms with van der Waals surface area (Å²) in [6.07, 6.45) is -9.91. The zero-order valence-corrected chi connectivity index (χ0v) is 21.6. The molecule has 4 aromatic rings. The number of aromatic nitrogens is 6. The molecule has 12 nitrogen and oxygen atoms in total. The predicted molar refractivity (Wildman–Crippen MR) is 127 cm³/mol. The largest absolute Gasteiger partial charge is 0.436 e. The minimum absolute atomic E-state index is 0. The number of hydrogen-bond donors (Lipinski definition) is 2. The molecule has 0 aromatic carbocycles. The van der Waals surface area contributed by atoms with Gasteiger partial charge in [-0.3, -0.25) is 0 Å². The van der Waals surface area contributed by atoms with Crippen LogP contribution in [0.2, 0.25) is 5.15 Å². The molecule has 4 rings (SSSR count). The Labute approximate surface area is 225 Å². The second-order valence-electron chi connectivity index (χ2n) is 6.92. The van der Waals surface area contributed by atoms with E-state index in [2.05, 4.69) is 20.2 Å². The summed E-state index contributed by atoms with van der Waals surface area (Å²) in [6.45, 7) is 1.83. The summed E-state index contributed by atoms with van der Waals surface area (Å²) in [7, 11) is -9.28. The van der Waals surface area contributed by atoms with Gasteiger partial charge in [-0.1, -0.05) is 26.0 Å². The van der Waals surface area contributed by atoms with E-state index in [1.807, 2.05) is 6.92 Å². The van der Waals surface area contributed by atoms with Gasteiger partial charge in [0, 0.05) is 0 Å². The van der Waals surface area contributed by atoms with E-state index < -0.39 is 53.8 Å². The van der Waals surface area contributed by atoms with Gasteiger partial charge in [-0.25, -0.2) is 37.1 Å². The van der Waals surface area contributed by atoms with Crippen LogP contribution in [0.1, 0.15) is 25.7 Å². The molecule has 216 valence electrons. The number of primary sulfonamides is 2. The van der Waals surface area contributed by atoms with Crippen molar-refractivity contribution in [3.63, 3.8) is 0 Å². The lowest BCUT2D eigenvalue weighted by Crippen LogP contribution is -2.21. The molecular formula is C17H17ClF6N8O4S3. The van der Waals surface area contributed by atoms with Crippen LogP contribution in [0.4, 0.5) is 26.3 Å². The summed E-state index contributed by atoms with van der Waals surface area (Å²) in [5, 5.41) is 14.6. The lowest BCUT2D eigenvalue weighted by Gasteiger charge is -2.05. The number of alkyl halides is 6. The Morgan fingerprint density at radius 1 is 0.821 bits per heavy atom. The first-order valence-corrected chi connectivity index (χ1v) is 14.0. The lowest BCUT2D eigenvalue weighted by molar-refractivity contribution is -0.144. The molecule has 0 aliphatic heterocycles. The smallest absolute Gasteiger partial charge is 0.223 e. The van der Waals surface area contributed by atoms with Crippen LogP contribution >= 0.6 is 23.4 Å². The molecule has 39 heavy (non-hydrogen) atoms. The Morgan fingerprint density at radius 3 is 1.62 bits per heavy atom. The van der Waals surface area contributed by atoms with Crippen molar-refractivity contribution >= 4 is 54.7 Å². The van der Waals surface area contributed by atoms with Crippen molar-refractivity contribution in [1.82, 2.24) is 29.2 Å². The highest BCUT2D eigenvalue weighted by molar-refractivity contribution is 7.99. The predicted octanol–water partition coefficient (Wildman–Crippen LogP) is 3.19. The zero-order chi connectivity index (χ0) is 28.8. The van der Waals surface area contributed by atoms with Gasteiger partial charge in [0.25, 0.3) is 20.0 Å². The van der Waals surface area contributed by atoms with Crippen LogP contribution in [0.3, 0.4) is 0 Å². The van der Waals surface area contributed by atoms with E-state index in [1.54, 1.807) is 0 Å². The summed E-state index contributed by atoms with van der Waals surface area (Å²) < 4.78 is 123. The number of halogens is 7. The average Bonchev–Trinajstić information content (AvgIpc) is 3.32. The van der Waals surface area contributed by atoms with Crippen molar-refractivity contribution in [1.29, 1.82) is 0 Å². The third kappa shape index (κ3) is 7.08. The van der Waals surface area contributed by atoms with E-state index in [0.717, 1.165) is 6.07 Å². The summed E-state index contributed by atoms with van der Waals surface area (Å²) in [5.74, 6) is 0.629. The van der Waals surface area contributed by atoms with Crippen molar-refractivity contribution in [3.05, 3.63) is 40.8 Å². The number of thioether (sulfide) groups is 1. The molecule has 22 heteroatoms. The van der Waals surface area contributed by atoms with E-state index in [-0.39, 0.29) is 23.9 Å². The molecule has 0 radical (unpaired) electrons. The topological polar surface area (TPSA) is 181 Å². The van der Waals surface area contributed by atoms with Gasteiger partial charge in [-0.2, -0.15) is 45.6 Å². The maximum atomic E-state index is 12.8. The van der Waals surface area contributed by atoms with Gasteiger partial charge in [-0.15, -0.1) is 11.8 Å². The Morgan fingerprint density at radius 2 is 1.23 bits per heavy atom. The van der Waals surface area contributed by atoms with Crippen LogP contribution in [-0.2, 0) is 32.4 Å². The first-order valence-electron chi connectivity index (χ1n) is 9.53. The number of nitrogens with two attached hydrogens (primary N) is 2. The third-order valence-electron chi connectivity index (χ3n) is 4.18.